The Bertz CT molecular complexity index is 1120. The predicted octanol–water partition coefficient (Wildman–Crippen LogP) is 4.59. The van der Waals surface area contributed by atoms with Crippen LogP contribution in [0.3, 0.4) is 0 Å². The number of aromatic nitrogens is 1. The highest BCUT2D eigenvalue weighted by Crippen LogP contribution is 2.27. The molecule has 2 aliphatic heterocycles. The number of H-pyrrole nitrogens is 1. The molecule has 32 heavy (non-hydrogen) atoms. The van der Waals surface area contributed by atoms with E-state index in [0.29, 0.717) is 30.3 Å². The number of nitrogens with one attached hydrogen (secondary N) is 1. The van der Waals surface area contributed by atoms with Gasteiger partial charge in [-0.3, -0.25) is 8.37 Å². The summed E-state index contributed by atoms with van der Waals surface area (Å²) >= 11 is -1.67. The fraction of sp³-hybridized carbons (Fsp3) is 0.409. The van der Waals surface area contributed by atoms with Gasteiger partial charge in [0.15, 0.2) is 0 Å². The van der Waals surface area contributed by atoms with Crippen LogP contribution in [0.2, 0.25) is 0 Å². The summed E-state index contributed by atoms with van der Waals surface area (Å²) in [6, 6.07) is 8.90. The number of aromatic amines is 1. The number of carbonyl (C=O) groups is 1. The number of amides is 1. The summed E-state index contributed by atoms with van der Waals surface area (Å²) in [5, 5.41) is 1.43. The molecule has 0 aliphatic carbocycles. The number of ether oxygens (including phenoxy) is 1. The maximum absolute atomic E-state index is 13.0. The summed E-state index contributed by atoms with van der Waals surface area (Å²) in [6.45, 7) is 6.37. The molecule has 2 saturated heterocycles. The van der Waals surface area contributed by atoms with E-state index in [-0.39, 0.29) is 29.9 Å². The van der Waals surface area contributed by atoms with Crippen LogP contribution in [0.5, 0.6) is 0 Å². The lowest BCUT2D eigenvalue weighted by Gasteiger charge is -2.33. The molecule has 0 spiro atoms. The summed E-state index contributed by atoms with van der Waals surface area (Å²) in [6.07, 6.45) is -0.223. The van der Waals surface area contributed by atoms with Crippen LogP contribution in [-0.2, 0) is 24.5 Å². The molecule has 10 heteroatoms. The molecule has 0 radical (unpaired) electrons. The van der Waals surface area contributed by atoms with Gasteiger partial charge in [-0.05, 0) is 63.6 Å². The average Bonchev–Trinajstić information content (AvgIpc) is 3.25. The van der Waals surface area contributed by atoms with Crippen molar-refractivity contribution in [3.63, 3.8) is 0 Å². The van der Waals surface area contributed by atoms with Crippen molar-refractivity contribution < 1.29 is 30.9 Å². The highest BCUT2D eigenvalue weighted by molar-refractivity contribution is 7.75. The quantitative estimate of drug-likeness (QED) is 0.524. The lowest BCUT2D eigenvalue weighted by Crippen LogP contribution is -2.49. The highest BCUT2D eigenvalue weighted by atomic mass is 32.2. The molecule has 2 fully saturated rings. The van der Waals surface area contributed by atoms with Crippen LogP contribution in [0.4, 0.5) is 13.6 Å². The van der Waals surface area contributed by atoms with Crippen molar-refractivity contribution in [1.82, 2.24) is 9.88 Å². The number of hydrogen-bond acceptors (Lipinski definition) is 5. The van der Waals surface area contributed by atoms with Crippen molar-refractivity contribution in [2.45, 2.75) is 45.0 Å². The first-order valence-corrected chi connectivity index (χ1v) is 11.2. The molecule has 5 rings (SSSR count). The van der Waals surface area contributed by atoms with Crippen LogP contribution >= 0.6 is 0 Å². The van der Waals surface area contributed by atoms with E-state index in [9.17, 15) is 17.8 Å². The van der Waals surface area contributed by atoms with Gasteiger partial charge in [0.05, 0.1) is 6.54 Å². The Kier molecular flexibility index (Phi) is 6.19. The van der Waals surface area contributed by atoms with Crippen LogP contribution in [0.15, 0.2) is 36.4 Å². The van der Waals surface area contributed by atoms with E-state index < -0.39 is 17.0 Å². The molecule has 2 unspecified atom stereocenters. The molecule has 1 N–H and O–H groups in total. The van der Waals surface area contributed by atoms with Gasteiger partial charge in [-0.15, -0.1) is 0 Å². The van der Waals surface area contributed by atoms with Gasteiger partial charge in [0.1, 0.15) is 29.4 Å². The molecule has 172 valence electrons. The lowest BCUT2D eigenvalue weighted by atomic mass is 10.1. The molecule has 3 heterocycles. The van der Waals surface area contributed by atoms with Crippen molar-refractivity contribution in [3.05, 3.63) is 48.0 Å². The van der Waals surface area contributed by atoms with E-state index >= 15 is 0 Å². The van der Waals surface area contributed by atoms with Gasteiger partial charge in [-0.1, -0.05) is 0 Å². The minimum absolute atomic E-state index is 0.172. The van der Waals surface area contributed by atoms with Gasteiger partial charge < -0.3 is 14.6 Å². The molecule has 3 aromatic rings. The molecule has 2 aliphatic rings. The summed E-state index contributed by atoms with van der Waals surface area (Å²) in [4.78, 5) is 16.5. The third-order valence-electron chi connectivity index (χ3n) is 5.08. The Morgan fingerprint density at radius 2 is 1.62 bits per heavy atom. The summed E-state index contributed by atoms with van der Waals surface area (Å²) in [5.74, 6) is -0.625. The van der Waals surface area contributed by atoms with E-state index in [1.54, 1.807) is 17.0 Å². The van der Waals surface area contributed by atoms with E-state index in [0.717, 1.165) is 11.0 Å². The zero-order valence-electron chi connectivity index (χ0n) is 17.9. The minimum Gasteiger partial charge on any atom is -0.444 e. The van der Waals surface area contributed by atoms with Gasteiger partial charge in [-0.25, -0.2) is 13.6 Å². The second-order valence-corrected chi connectivity index (χ2v) is 9.49. The second kappa shape index (κ2) is 8.76. The largest absolute Gasteiger partial charge is 0.444 e. The number of nitrogens with zero attached hydrogens (tertiary/aromatic N) is 1. The van der Waals surface area contributed by atoms with Gasteiger partial charge in [-0.2, -0.15) is 4.21 Å². The fourth-order valence-corrected chi connectivity index (χ4v) is 4.51. The molecule has 7 nitrogen and oxygen atoms in total. The van der Waals surface area contributed by atoms with Crippen molar-refractivity contribution >= 4 is 39.3 Å². The number of benzene rings is 2. The van der Waals surface area contributed by atoms with Crippen LogP contribution in [0.1, 0.15) is 27.2 Å². The average molecular weight is 467 g/mol. The van der Waals surface area contributed by atoms with Crippen LogP contribution in [0.25, 0.3) is 21.8 Å². The van der Waals surface area contributed by atoms with E-state index in [2.05, 4.69) is 4.98 Å². The lowest BCUT2D eigenvalue weighted by molar-refractivity contribution is -0.000740. The van der Waals surface area contributed by atoms with Crippen LogP contribution in [-0.4, -0.2) is 51.1 Å². The zero-order chi connectivity index (χ0) is 23.0. The van der Waals surface area contributed by atoms with Gasteiger partial charge >= 0.3 is 17.5 Å². The topological polar surface area (TPSA) is 80.9 Å². The van der Waals surface area contributed by atoms with Crippen molar-refractivity contribution in [1.29, 1.82) is 0 Å². The summed E-state index contributed by atoms with van der Waals surface area (Å²) < 4.78 is 52.5. The molecule has 1 amide bonds. The smallest absolute Gasteiger partial charge is 0.410 e. The second-order valence-electron chi connectivity index (χ2n) is 8.69. The first-order valence-electron chi connectivity index (χ1n) is 10.2. The first-order chi connectivity index (χ1) is 15.1. The summed E-state index contributed by atoms with van der Waals surface area (Å²) in [7, 11) is 0. The fourth-order valence-electron chi connectivity index (χ4n) is 3.66. The maximum Gasteiger partial charge on any atom is 0.410 e. The maximum atomic E-state index is 13.0. The number of fused-ring (bicyclic) bond motifs is 4. The van der Waals surface area contributed by atoms with Crippen LogP contribution < -0.4 is 0 Å². The third kappa shape index (κ3) is 5.08. The number of carbonyl (C=O) groups excluding carboxylic acids is 1. The summed E-state index contributed by atoms with van der Waals surface area (Å²) in [5.41, 5.74) is 1.12. The monoisotopic (exact) mass is 466 g/mol. The number of piperidine rings is 1. The Balaban J connectivity index is 0.000000154. The SMILES string of the molecule is CC(C)(C)OC(=O)N1CCC2OS(=O)O[C@H]2C1.Fc1ccc2[nH]c3ccc(F)cc3c2c1. The number of rotatable bonds is 0. The molecule has 2 aromatic carbocycles. The first kappa shape index (κ1) is 22.6. The standard InChI is InChI=1S/C12H7F2N.C10H17NO5S/c13-7-1-3-11-9(5-7)10-6-8(14)2-4-12(10)15-11;1-10(2,3)14-9(12)11-5-4-7-8(6-11)16-17(13)15-7/h1-6,15H;7-8H,4-6H2,1-3H3/t;7?,8-,17?/m.0/s1. The molecular weight excluding hydrogens is 442 g/mol. The predicted molar refractivity (Wildman–Crippen MR) is 116 cm³/mol. The normalized spacial score (nSPS) is 23.0. The Morgan fingerprint density at radius 3 is 2.19 bits per heavy atom. The Morgan fingerprint density at radius 1 is 1.06 bits per heavy atom. The molecular formula is C22H24F2N2O5S. The van der Waals surface area contributed by atoms with Crippen molar-refractivity contribution in [2.24, 2.45) is 0 Å². The Labute approximate surface area is 186 Å². The molecule has 0 saturated carbocycles. The molecule has 1 aromatic heterocycles. The number of likely N-dealkylation sites (tertiary alicyclic amines) is 1. The van der Waals surface area contributed by atoms with Crippen molar-refractivity contribution in [3.8, 4) is 0 Å². The van der Waals surface area contributed by atoms with E-state index in [1.807, 2.05) is 20.8 Å². The third-order valence-corrected chi connectivity index (χ3v) is 5.89. The van der Waals surface area contributed by atoms with Gasteiger partial charge in [0, 0.05) is 28.4 Å². The number of halogens is 2. The minimum atomic E-state index is -1.67. The van der Waals surface area contributed by atoms with E-state index in [1.165, 1.54) is 24.3 Å². The zero-order valence-corrected chi connectivity index (χ0v) is 18.7. The molecule has 3 atom stereocenters. The number of hydrogen-bond donors (Lipinski definition) is 1. The molecule has 0 bridgehead atoms. The Hall–Kier alpha value is -2.56. The van der Waals surface area contributed by atoms with Gasteiger partial charge in [0.25, 0.3) is 0 Å². The highest BCUT2D eigenvalue weighted by Gasteiger charge is 2.41. The van der Waals surface area contributed by atoms with Crippen molar-refractivity contribution in [2.75, 3.05) is 13.1 Å². The van der Waals surface area contributed by atoms with Crippen LogP contribution in [0, 0.1) is 11.6 Å². The van der Waals surface area contributed by atoms with Gasteiger partial charge in [0.2, 0.25) is 0 Å². The van der Waals surface area contributed by atoms with E-state index in [4.69, 9.17) is 13.1 Å².